The Labute approximate surface area is 119 Å². The van der Waals surface area contributed by atoms with Crippen LogP contribution in [0.4, 0.5) is 0 Å². The predicted octanol–water partition coefficient (Wildman–Crippen LogP) is 2.48. The van der Waals surface area contributed by atoms with Crippen LogP contribution in [0.1, 0.15) is 36.5 Å². The summed E-state index contributed by atoms with van der Waals surface area (Å²) < 4.78 is 11.6. The van der Waals surface area contributed by atoms with Crippen LogP contribution < -0.4 is 0 Å². The highest BCUT2D eigenvalue weighted by molar-refractivity contribution is 5.34. The third-order valence-electron chi connectivity index (χ3n) is 5.44. The summed E-state index contributed by atoms with van der Waals surface area (Å²) in [4.78, 5) is 0. The first-order valence-corrected chi connectivity index (χ1v) is 7.75. The molecule has 0 amide bonds. The molecule has 2 aliphatic heterocycles. The fourth-order valence-electron chi connectivity index (χ4n) is 4.32. The van der Waals surface area contributed by atoms with E-state index in [1.165, 1.54) is 5.56 Å². The molecule has 4 rings (SSSR count). The number of ether oxygens (including phenoxy) is 2. The summed E-state index contributed by atoms with van der Waals surface area (Å²) in [5.74, 6) is 0.904. The average molecular weight is 274 g/mol. The van der Waals surface area contributed by atoms with Gasteiger partial charge in [-0.2, -0.15) is 0 Å². The number of aliphatic hydroxyl groups is 1. The fraction of sp³-hybridized carbons (Fsp3) is 0.647. The van der Waals surface area contributed by atoms with Crippen LogP contribution in [0.3, 0.4) is 0 Å². The molecule has 2 fully saturated rings. The van der Waals surface area contributed by atoms with Crippen molar-refractivity contribution in [1.82, 2.24) is 0 Å². The summed E-state index contributed by atoms with van der Waals surface area (Å²) in [7, 11) is 0. The van der Waals surface area contributed by atoms with Crippen LogP contribution in [0, 0.1) is 11.8 Å². The molecule has 4 atom stereocenters. The van der Waals surface area contributed by atoms with Crippen LogP contribution in [0.2, 0.25) is 0 Å². The van der Waals surface area contributed by atoms with E-state index in [0.29, 0.717) is 11.8 Å². The number of fused-ring (bicyclic) bond motifs is 1. The Balaban J connectivity index is 1.54. The number of rotatable bonds is 1. The first-order chi connectivity index (χ1) is 9.77. The molecule has 3 heteroatoms. The Kier molecular flexibility index (Phi) is 3.09. The molecule has 20 heavy (non-hydrogen) atoms. The first-order valence-electron chi connectivity index (χ1n) is 7.75. The number of aliphatic hydroxyl groups excluding tert-OH is 1. The first kappa shape index (κ1) is 12.8. The van der Waals surface area contributed by atoms with Crippen molar-refractivity contribution in [2.45, 2.75) is 37.4 Å². The highest BCUT2D eigenvalue weighted by Crippen LogP contribution is 2.47. The van der Waals surface area contributed by atoms with Gasteiger partial charge in [0, 0.05) is 19.6 Å². The van der Waals surface area contributed by atoms with Crippen molar-refractivity contribution < 1.29 is 14.6 Å². The average Bonchev–Trinajstić information content (AvgIpc) is 3.05. The topological polar surface area (TPSA) is 38.7 Å². The van der Waals surface area contributed by atoms with Gasteiger partial charge in [0.25, 0.3) is 0 Å². The maximum Gasteiger partial charge on any atom is 0.0939 e. The summed E-state index contributed by atoms with van der Waals surface area (Å²) in [6.45, 7) is 2.37. The molecular weight excluding hydrogens is 252 g/mol. The zero-order chi connectivity index (χ0) is 13.6. The zero-order valence-corrected chi connectivity index (χ0v) is 11.8. The molecule has 108 valence electrons. The van der Waals surface area contributed by atoms with Gasteiger partial charge >= 0.3 is 0 Å². The molecule has 1 N–H and O–H groups in total. The normalized spacial score (nSPS) is 40.1. The highest BCUT2D eigenvalue weighted by atomic mass is 16.6. The predicted molar refractivity (Wildman–Crippen MR) is 75.4 cm³/mol. The maximum absolute atomic E-state index is 10.7. The van der Waals surface area contributed by atoms with Crippen LogP contribution in [-0.2, 0) is 15.9 Å². The second-order valence-electron chi connectivity index (χ2n) is 6.60. The van der Waals surface area contributed by atoms with E-state index < -0.39 is 0 Å². The Hall–Kier alpha value is -0.900. The standard InChI is InChI=1S/C17H22O3/c18-16-14-4-2-1-3-12(14)9-15(16)13-5-7-20-17(10-13)6-8-19-11-17/h1-4,13,15-16,18H,5-11H2. The summed E-state index contributed by atoms with van der Waals surface area (Å²) in [6, 6.07) is 8.34. The second-order valence-corrected chi connectivity index (χ2v) is 6.60. The largest absolute Gasteiger partial charge is 0.388 e. The third-order valence-corrected chi connectivity index (χ3v) is 5.44. The number of hydrogen-bond donors (Lipinski definition) is 1. The lowest BCUT2D eigenvalue weighted by Crippen LogP contribution is -2.42. The van der Waals surface area contributed by atoms with Gasteiger partial charge in [-0.15, -0.1) is 0 Å². The van der Waals surface area contributed by atoms with Crippen molar-refractivity contribution in [3.8, 4) is 0 Å². The smallest absolute Gasteiger partial charge is 0.0939 e. The van der Waals surface area contributed by atoms with E-state index in [-0.39, 0.29) is 11.7 Å². The molecule has 4 unspecified atom stereocenters. The van der Waals surface area contributed by atoms with Gasteiger partial charge in [-0.25, -0.2) is 0 Å². The molecule has 2 heterocycles. The van der Waals surface area contributed by atoms with Crippen LogP contribution in [0.5, 0.6) is 0 Å². The number of hydrogen-bond acceptors (Lipinski definition) is 3. The molecule has 1 aromatic carbocycles. The van der Waals surface area contributed by atoms with Crippen molar-refractivity contribution >= 4 is 0 Å². The van der Waals surface area contributed by atoms with Crippen LogP contribution in [-0.4, -0.2) is 30.5 Å². The molecule has 0 aromatic heterocycles. The zero-order valence-electron chi connectivity index (χ0n) is 11.8. The molecule has 0 radical (unpaired) electrons. The van der Waals surface area contributed by atoms with E-state index in [4.69, 9.17) is 9.47 Å². The molecule has 0 bridgehead atoms. The summed E-state index contributed by atoms with van der Waals surface area (Å²) in [5.41, 5.74) is 2.41. The van der Waals surface area contributed by atoms with Crippen LogP contribution in [0.15, 0.2) is 24.3 Å². The highest BCUT2D eigenvalue weighted by Gasteiger charge is 2.46. The minimum absolute atomic E-state index is 0.0581. The van der Waals surface area contributed by atoms with Crippen LogP contribution in [0.25, 0.3) is 0 Å². The van der Waals surface area contributed by atoms with Crippen molar-refractivity contribution in [3.05, 3.63) is 35.4 Å². The SMILES string of the molecule is OC1c2ccccc2CC1C1CCOC2(CCOC2)C1. The van der Waals surface area contributed by atoms with Gasteiger partial charge in [-0.1, -0.05) is 24.3 Å². The molecule has 1 aliphatic carbocycles. The van der Waals surface area contributed by atoms with E-state index >= 15 is 0 Å². The minimum atomic E-state index is -0.298. The molecule has 1 aromatic rings. The van der Waals surface area contributed by atoms with Crippen molar-refractivity contribution in [2.24, 2.45) is 11.8 Å². The Morgan fingerprint density at radius 2 is 2.10 bits per heavy atom. The quantitative estimate of drug-likeness (QED) is 0.855. The summed E-state index contributed by atoms with van der Waals surface area (Å²) in [6.07, 6.45) is 3.84. The maximum atomic E-state index is 10.7. The minimum Gasteiger partial charge on any atom is -0.388 e. The van der Waals surface area contributed by atoms with Gasteiger partial charge < -0.3 is 14.6 Å². The second kappa shape index (κ2) is 4.83. The molecule has 3 aliphatic rings. The van der Waals surface area contributed by atoms with E-state index in [0.717, 1.165) is 51.1 Å². The van der Waals surface area contributed by atoms with Crippen LogP contribution >= 0.6 is 0 Å². The molecule has 2 saturated heterocycles. The van der Waals surface area contributed by atoms with Gasteiger partial charge in [-0.3, -0.25) is 0 Å². The van der Waals surface area contributed by atoms with Gasteiger partial charge in [-0.05, 0) is 42.2 Å². The van der Waals surface area contributed by atoms with Crippen molar-refractivity contribution in [3.63, 3.8) is 0 Å². The molecule has 3 nitrogen and oxygen atoms in total. The van der Waals surface area contributed by atoms with Gasteiger partial charge in [0.1, 0.15) is 0 Å². The fourth-order valence-corrected chi connectivity index (χ4v) is 4.32. The van der Waals surface area contributed by atoms with Crippen molar-refractivity contribution in [1.29, 1.82) is 0 Å². The molecule has 1 spiro atoms. The van der Waals surface area contributed by atoms with Gasteiger partial charge in [0.15, 0.2) is 0 Å². The molecule has 0 saturated carbocycles. The van der Waals surface area contributed by atoms with Crippen molar-refractivity contribution in [2.75, 3.05) is 19.8 Å². The monoisotopic (exact) mass is 274 g/mol. The van der Waals surface area contributed by atoms with E-state index in [1.807, 2.05) is 6.07 Å². The van der Waals surface area contributed by atoms with Gasteiger partial charge in [0.05, 0.1) is 18.3 Å². The Morgan fingerprint density at radius 1 is 1.20 bits per heavy atom. The summed E-state index contributed by atoms with van der Waals surface area (Å²) >= 11 is 0. The Morgan fingerprint density at radius 3 is 2.90 bits per heavy atom. The summed E-state index contributed by atoms with van der Waals surface area (Å²) in [5, 5.41) is 10.7. The van der Waals surface area contributed by atoms with Gasteiger partial charge in [0.2, 0.25) is 0 Å². The van der Waals surface area contributed by atoms with E-state index in [2.05, 4.69) is 18.2 Å². The van der Waals surface area contributed by atoms with E-state index in [9.17, 15) is 5.11 Å². The molecular formula is C17H22O3. The lowest BCUT2D eigenvalue weighted by molar-refractivity contribution is -0.114. The lowest BCUT2D eigenvalue weighted by Gasteiger charge is -2.40. The Bertz CT molecular complexity index is 493. The number of benzene rings is 1. The third kappa shape index (κ3) is 2.00. The lowest BCUT2D eigenvalue weighted by atomic mass is 9.76. The van der Waals surface area contributed by atoms with E-state index in [1.54, 1.807) is 0 Å².